The van der Waals surface area contributed by atoms with E-state index >= 15 is 0 Å². The van der Waals surface area contributed by atoms with Crippen LogP contribution in [0.5, 0.6) is 17.2 Å². The summed E-state index contributed by atoms with van der Waals surface area (Å²) in [6.45, 7) is 11.9. The van der Waals surface area contributed by atoms with Crippen molar-refractivity contribution in [3.63, 3.8) is 0 Å². The molecule has 268 valence electrons. The van der Waals surface area contributed by atoms with Gasteiger partial charge in [-0.05, 0) is 138 Å². The smallest absolute Gasteiger partial charge is 0.344 e. The number of methoxy groups -OCH3 is 1. The van der Waals surface area contributed by atoms with E-state index in [1.165, 1.54) is 19.2 Å². The number of esters is 2. The zero-order chi connectivity index (χ0) is 36.7. The predicted molar refractivity (Wildman–Crippen MR) is 190 cm³/mol. The number of hydrogen-bond acceptors (Lipinski definition) is 10. The lowest BCUT2D eigenvalue weighted by Crippen LogP contribution is -2.27. The summed E-state index contributed by atoms with van der Waals surface area (Å²) in [6, 6.07) is 26.8. The standard InChI is InChI=1S/C38H44O10S2/c1-27-12-18-33(19-13-27)50(41,42)48-49(34-11-9-10-30(24-34)43-8,31-20-14-28(15-21-31)44-25-35(39)46-37(2,3)4)32-22-16-29(17-23-32)45-26-36(40)47-38(5,6)7/h9-24H,25-26H2,1-8H3. The van der Waals surface area contributed by atoms with Crippen molar-refractivity contribution < 1.29 is 45.3 Å². The predicted octanol–water partition coefficient (Wildman–Crippen LogP) is 8.05. The number of ether oxygens (including phenoxy) is 5. The molecular weight excluding hydrogens is 681 g/mol. The third kappa shape index (κ3) is 10.3. The van der Waals surface area contributed by atoms with Gasteiger partial charge in [0.1, 0.15) is 28.5 Å². The Labute approximate surface area is 296 Å². The molecule has 0 unspecified atom stereocenters. The van der Waals surface area contributed by atoms with Crippen LogP contribution in [0.4, 0.5) is 0 Å². The Hall–Kier alpha value is -4.52. The van der Waals surface area contributed by atoms with Crippen LogP contribution in [0.1, 0.15) is 47.1 Å². The van der Waals surface area contributed by atoms with Crippen LogP contribution in [0, 0.1) is 6.92 Å². The van der Waals surface area contributed by atoms with Gasteiger partial charge in [-0.15, -0.1) is 0 Å². The molecular formula is C38H44O10S2. The first-order valence-electron chi connectivity index (χ1n) is 15.8. The maximum absolute atomic E-state index is 14.2. The van der Waals surface area contributed by atoms with Gasteiger partial charge in [0, 0.05) is 14.7 Å². The molecule has 0 amide bonds. The van der Waals surface area contributed by atoms with Crippen LogP contribution < -0.4 is 14.2 Å². The maximum atomic E-state index is 14.2. The topological polar surface area (TPSA) is 124 Å². The van der Waals surface area contributed by atoms with E-state index in [2.05, 4.69) is 0 Å². The Kier molecular flexibility index (Phi) is 11.9. The normalized spacial score (nSPS) is 12.5. The minimum absolute atomic E-state index is 0.0162. The average molecular weight is 725 g/mol. The first-order chi connectivity index (χ1) is 23.4. The van der Waals surface area contributed by atoms with Gasteiger partial charge in [0.25, 0.3) is 0 Å². The Balaban J connectivity index is 1.83. The van der Waals surface area contributed by atoms with E-state index in [1.807, 2.05) is 6.92 Å². The molecule has 0 atom stereocenters. The Morgan fingerprint density at radius 2 is 1.02 bits per heavy atom. The van der Waals surface area contributed by atoms with E-state index < -0.39 is 43.6 Å². The lowest BCUT2D eigenvalue weighted by atomic mass is 10.2. The highest BCUT2D eigenvalue weighted by molar-refractivity contribution is 8.33. The van der Waals surface area contributed by atoms with Crippen molar-refractivity contribution in [3.05, 3.63) is 103 Å². The van der Waals surface area contributed by atoms with Crippen LogP contribution >= 0.6 is 10.3 Å². The van der Waals surface area contributed by atoms with E-state index in [-0.39, 0.29) is 18.1 Å². The van der Waals surface area contributed by atoms with Crippen LogP contribution in [0.25, 0.3) is 0 Å². The van der Waals surface area contributed by atoms with Crippen LogP contribution in [-0.4, -0.2) is 51.9 Å². The van der Waals surface area contributed by atoms with Crippen molar-refractivity contribution in [2.24, 2.45) is 0 Å². The third-order valence-corrected chi connectivity index (χ3v) is 11.9. The molecule has 0 spiro atoms. The van der Waals surface area contributed by atoms with Crippen LogP contribution in [0.2, 0.25) is 0 Å². The average Bonchev–Trinajstić information content (AvgIpc) is 3.04. The van der Waals surface area contributed by atoms with E-state index in [9.17, 15) is 18.0 Å². The number of rotatable bonds is 13. The van der Waals surface area contributed by atoms with Gasteiger partial charge in [-0.2, -0.15) is 8.42 Å². The molecule has 10 nitrogen and oxygen atoms in total. The summed E-state index contributed by atoms with van der Waals surface area (Å²) in [5.74, 6) is 0.167. The monoisotopic (exact) mass is 724 g/mol. The minimum Gasteiger partial charge on any atom is -0.497 e. The van der Waals surface area contributed by atoms with Crippen molar-refractivity contribution in [1.82, 2.24) is 0 Å². The van der Waals surface area contributed by atoms with Crippen molar-refractivity contribution >= 4 is 32.4 Å². The molecule has 4 aromatic carbocycles. The second kappa shape index (κ2) is 15.6. The zero-order valence-electron chi connectivity index (χ0n) is 29.6. The SMILES string of the molecule is COc1cccc(S(OS(=O)(=O)c2ccc(C)cc2)(c2ccc(OCC(=O)OC(C)(C)C)cc2)c2ccc(OCC(=O)OC(C)(C)C)cc2)c1. The Morgan fingerprint density at radius 1 is 0.580 bits per heavy atom. The zero-order valence-corrected chi connectivity index (χ0v) is 31.2. The highest BCUT2D eigenvalue weighted by Crippen LogP contribution is 2.70. The summed E-state index contributed by atoms with van der Waals surface area (Å²) in [6.07, 6.45) is 0. The van der Waals surface area contributed by atoms with E-state index in [0.29, 0.717) is 31.9 Å². The number of carbonyl (C=O) groups is 2. The second-order valence-corrected chi connectivity index (χ2v) is 17.7. The van der Waals surface area contributed by atoms with Crippen LogP contribution in [0.3, 0.4) is 0 Å². The molecule has 4 aromatic rings. The van der Waals surface area contributed by atoms with Gasteiger partial charge < -0.3 is 23.7 Å². The van der Waals surface area contributed by atoms with Crippen molar-refractivity contribution in [2.75, 3.05) is 20.3 Å². The lowest BCUT2D eigenvalue weighted by molar-refractivity contribution is -0.158. The van der Waals surface area contributed by atoms with Crippen molar-refractivity contribution in [1.29, 1.82) is 0 Å². The summed E-state index contributed by atoms with van der Waals surface area (Å²) >= 11 is 0. The summed E-state index contributed by atoms with van der Waals surface area (Å²) in [4.78, 5) is 26.1. The molecule has 0 aliphatic carbocycles. The molecule has 0 saturated carbocycles. The molecule has 0 radical (unpaired) electrons. The number of hydrogen-bond donors (Lipinski definition) is 0. The van der Waals surface area contributed by atoms with Crippen molar-refractivity contribution in [2.45, 2.75) is 79.3 Å². The van der Waals surface area contributed by atoms with Crippen molar-refractivity contribution in [3.8, 4) is 17.2 Å². The fraction of sp³-hybridized carbons (Fsp3) is 0.316. The molecule has 0 N–H and O–H groups in total. The molecule has 0 aromatic heterocycles. The highest BCUT2D eigenvalue weighted by Gasteiger charge is 2.39. The van der Waals surface area contributed by atoms with Gasteiger partial charge in [-0.1, -0.05) is 23.8 Å². The van der Waals surface area contributed by atoms with E-state index in [4.69, 9.17) is 27.3 Å². The molecule has 0 heterocycles. The molecule has 0 bridgehead atoms. The Morgan fingerprint density at radius 3 is 1.44 bits per heavy atom. The van der Waals surface area contributed by atoms with E-state index in [0.717, 1.165) is 5.56 Å². The number of benzene rings is 4. The summed E-state index contributed by atoms with van der Waals surface area (Å²) in [5.41, 5.74) is -0.444. The second-order valence-electron chi connectivity index (χ2n) is 13.3. The van der Waals surface area contributed by atoms with Gasteiger partial charge in [-0.25, -0.2) is 13.2 Å². The lowest BCUT2D eigenvalue weighted by Gasteiger charge is -2.39. The molecule has 50 heavy (non-hydrogen) atoms. The molecule has 0 fully saturated rings. The molecule has 12 heteroatoms. The molecule has 4 rings (SSSR count). The minimum atomic E-state index is -4.39. The van der Waals surface area contributed by atoms with Gasteiger partial charge in [0.2, 0.25) is 0 Å². The summed E-state index contributed by atoms with van der Waals surface area (Å²) in [5, 5.41) is 0. The van der Waals surface area contributed by atoms with Crippen LogP contribution in [-0.2, 0) is 32.8 Å². The van der Waals surface area contributed by atoms with Crippen LogP contribution in [0.15, 0.2) is 117 Å². The van der Waals surface area contributed by atoms with Gasteiger partial charge in [0.15, 0.2) is 13.2 Å². The van der Waals surface area contributed by atoms with Gasteiger partial charge in [-0.3, -0.25) is 0 Å². The third-order valence-electron chi connectivity index (χ3n) is 6.74. The number of aryl methyl sites for hydroxylation is 1. The largest absolute Gasteiger partial charge is 0.497 e. The quantitative estimate of drug-likeness (QED) is 0.125. The first kappa shape index (κ1) is 38.3. The summed E-state index contributed by atoms with van der Waals surface area (Å²) in [7, 11) is -5.95. The summed E-state index contributed by atoms with van der Waals surface area (Å²) < 4.78 is 62.4. The molecule has 0 aliphatic rings. The van der Waals surface area contributed by atoms with Gasteiger partial charge >= 0.3 is 22.1 Å². The Bertz CT molecular complexity index is 1800. The maximum Gasteiger partial charge on any atom is 0.344 e. The fourth-order valence-corrected chi connectivity index (χ4v) is 9.88. The van der Waals surface area contributed by atoms with E-state index in [1.54, 1.807) is 126 Å². The number of carbonyl (C=O) groups excluding carboxylic acids is 2. The highest BCUT2D eigenvalue weighted by atomic mass is 32.3. The molecule has 0 aliphatic heterocycles. The fourth-order valence-electron chi connectivity index (χ4n) is 4.67. The first-order valence-corrected chi connectivity index (χ1v) is 18.8. The molecule has 0 saturated heterocycles. The van der Waals surface area contributed by atoms with Gasteiger partial charge in [0.05, 0.1) is 12.0 Å².